The van der Waals surface area contributed by atoms with Gasteiger partial charge in [-0.15, -0.1) is 0 Å². The Balaban J connectivity index is 1.11. The van der Waals surface area contributed by atoms with E-state index in [2.05, 4.69) is 39.4 Å². The molecule has 0 aromatic heterocycles. The second-order valence-electron chi connectivity index (χ2n) is 9.62. The van der Waals surface area contributed by atoms with Gasteiger partial charge in [0.2, 0.25) is 5.91 Å². The predicted octanol–water partition coefficient (Wildman–Crippen LogP) is 1.97. The maximum atomic E-state index is 13.1. The van der Waals surface area contributed by atoms with E-state index in [4.69, 9.17) is 4.74 Å². The summed E-state index contributed by atoms with van der Waals surface area (Å²) in [5, 5.41) is 3.35. The van der Waals surface area contributed by atoms with Crippen LogP contribution in [0.1, 0.15) is 43.2 Å². The second-order valence-corrected chi connectivity index (χ2v) is 9.62. The van der Waals surface area contributed by atoms with Gasteiger partial charge in [-0.2, -0.15) is 0 Å². The zero-order valence-corrected chi connectivity index (χ0v) is 17.8. The molecule has 1 amide bonds. The lowest BCUT2D eigenvalue weighted by Gasteiger charge is -2.36. The molecule has 1 aromatic carbocycles. The number of nitrogens with one attached hydrogen (secondary N) is 1. The van der Waals surface area contributed by atoms with Crippen LogP contribution in [0.25, 0.3) is 0 Å². The van der Waals surface area contributed by atoms with E-state index >= 15 is 0 Å². The van der Waals surface area contributed by atoms with Crippen molar-refractivity contribution in [3.8, 4) is 0 Å². The van der Waals surface area contributed by atoms with Crippen molar-refractivity contribution in [3.63, 3.8) is 0 Å². The number of benzene rings is 1. The summed E-state index contributed by atoms with van der Waals surface area (Å²) in [6, 6.07) is 8.48. The van der Waals surface area contributed by atoms with Gasteiger partial charge in [0.15, 0.2) is 0 Å². The Kier molecular flexibility index (Phi) is 5.54. The number of carbonyl (C=O) groups is 2. The number of fused-ring (bicyclic) bond motifs is 1. The van der Waals surface area contributed by atoms with Crippen molar-refractivity contribution in [2.45, 2.75) is 51.2 Å². The Morgan fingerprint density at radius 1 is 1.10 bits per heavy atom. The van der Waals surface area contributed by atoms with Crippen molar-refractivity contribution in [3.05, 3.63) is 35.4 Å². The van der Waals surface area contributed by atoms with Gasteiger partial charge in [-0.3, -0.25) is 14.5 Å². The van der Waals surface area contributed by atoms with Crippen LogP contribution in [0.5, 0.6) is 0 Å². The van der Waals surface area contributed by atoms with E-state index in [1.54, 1.807) is 0 Å². The topological polar surface area (TPSA) is 61.9 Å². The van der Waals surface area contributed by atoms with E-state index in [9.17, 15) is 9.59 Å². The molecule has 1 spiro atoms. The number of esters is 1. The molecule has 3 saturated heterocycles. The van der Waals surface area contributed by atoms with E-state index in [1.807, 2.05) is 0 Å². The summed E-state index contributed by atoms with van der Waals surface area (Å²) < 4.78 is 5.78. The van der Waals surface area contributed by atoms with Crippen LogP contribution < -0.4 is 5.32 Å². The van der Waals surface area contributed by atoms with E-state index in [-0.39, 0.29) is 23.4 Å². The van der Waals surface area contributed by atoms with Gasteiger partial charge >= 0.3 is 5.97 Å². The smallest absolute Gasteiger partial charge is 0.312 e. The first-order valence-electron chi connectivity index (χ1n) is 11.6. The van der Waals surface area contributed by atoms with Crippen molar-refractivity contribution >= 4 is 11.9 Å². The number of cyclic esters (lactones) is 1. The number of carbonyl (C=O) groups excluding carboxylic acids is 2. The van der Waals surface area contributed by atoms with Crippen LogP contribution in [0.15, 0.2) is 24.3 Å². The quantitative estimate of drug-likeness (QED) is 0.771. The molecule has 162 valence electrons. The van der Waals surface area contributed by atoms with Crippen LogP contribution in [0, 0.1) is 11.3 Å². The Labute approximate surface area is 178 Å². The van der Waals surface area contributed by atoms with Crippen LogP contribution in [0.4, 0.5) is 0 Å². The molecule has 3 fully saturated rings. The van der Waals surface area contributed by atoms with Crippen LogP contribution in [-0.4, -0.2) is 67.0 Å². The largest absolute Gasteiger partial charge is 0.461 e. The molecular weight excluding hydrogens is 378 g/mol. The third kappa shape index (κ3) is 3.87. The van der Waals surface area contributed by atoms with Crippen molar-refractivity contribution in [2.24, 2.45) is 11.3 Å². The molecule has 0 aliphatic carbocycles. The normalized spacial score (nSPS) is 27.1. The molecule has 0 bridgehead atoms. The van der Waals surface area contributed by atoms with Crippen molar-refractivity contribution in [2.75, 3.05) is 39.3 Å². The van der Waals surface area contributed by atoms with Gasteiger partial charge in [0.1, 0.15) is 6.10 Å². The molecule has 0 radical (unpaired) electrons. The van der Waals surface area contributed by atoms with Gasteiger partial charge in [-0.05, 0) is 69.4 Å². The molecule has 5 rings (SSSR count). The summed E-state index contributed by atoms with van der Waals surface area (Å²) in [6.45, 7) is 6.08. The summed E-state index contributed by atoms with van der Waals surface area (Å²) in [7, 11) is 0. The fraction of sp³-hybridized carbons (Fsp3) is 0.667. The highest BCUT2D eigenvalue weighted by atomic mass is 16.6. The average molecular weight is 412 g/mol. The number of amides is 1. The Morgan fingerprint density at radius 2 is 1.83 bits per heavy atom. The van der Waals surface area contributed by atoms with Gasteiger partial charge in [0.05, 0.1) is 5.41 Å². The van der Waals surface area contributed by atoms with Crippen LogP contribution >= 0.6 is 0 Å². The fourth-order valence-electron chi connectivity index (χ4n) is 5.85. The number of likely N-dealkylation sites (tertiary alicyclic amines) is 1. The van der Waals surface area contributed by atoms with Gasteiger partial charge < -0.3 is 15.0 Å². The van der Waals surface area contributed by atoms with Gasteiger partial charge in [0.25, 0.3) is 0 Å². The Morgan fingerprint density at radius 3 is 2.60 bits per heavy atom. The van der Waals surface area contributed by atoms with E-state index in [0.29, 0.717) is 5.91 Å². The van der Waals surface area contributed by atoms with Crippen molar-refractivity contribution < 1.29 is 14.3 Å². The lowest BCUT2D eigenvalue weighted by atomic mass is 9.76. The zero-order valence-electron chi connectivity index (χ0n) is 17.8. The molecule has 4 aliphatic rings. The number of nitrogens with zero attached hydrogens (tertiary/aromatic N) is 2. The van der Waals surface area contributed by atoms with Gasteiger partial charge in [-0.25, -0.2) is 0 Å². The molecule has 1 N–H and O–H groups in total. The zero-order chi connectivity index (χ0) is 20.6. The van der Waals surface area contributed by atoms with Crippen LogP contribution in [-0.2, 0) is 27.3 Å². The molecule has 30 heavy (non-hydrogen) atoms. The molecular formula is C24H33N3O3. The average Bonchev–Trinajstić information content (AvgIpc) is 3.07. The monoisotopic (exact) mass is 411 g/mol. The van der Waals surface area contributed by atoms with Crippen molar-refractivity contribution in [1.82, 2.24) is 15.1 Å². The summed E-state index contributed by atoms with van der Waals surface area (Å²) >= 11 is 0. The number of piperidine rings is 2. The van der Waals surface area contributed by atoms with E-state index in [1.165, 1.54) is 11.1 Å². The molecule has 0 saturated carbocycles. The lowest BCUT2D eigenvalue weighted by molar-refractivity contribution is -0.150. The van der Waals surface area contributed by atoms with Gasteiger partial charge in [0, 0.05) is 32.0 Å². The van der Waals surface area contributed by atoms with E-state index in [0.717, 1.165) is 84.3 Å². The third-order valence-electron chi connectivity index (χ3n) is 7.73. The lowest BCUT2D eigenvalue weighted by Crippen LogP contribution is -2.45. The minimum atomic E-state index is -0.241. The Hall–Kier alpha value is -1.92. The summed E-state index contributed by atoms with van der Waals surface area (Å²) in [5.74, 6) is 0.475. The summed E-state index contributed by atoms with van der Waals surface area (Å²) in [5.41, 5.74) is 2.44. The molecule has 1 aromatic rings. The first-order chi connectivity index (χ1) is 14.6. The minimum absolute atomic E-state index is 0.0152. The van der Waals surface area contributed by atoms with Gasteiger partial charge in [-0.1, -0.05) is 24.3 Å². The first-order valence-corrected chi connectivity index (χ1v) is 11.6. The summed E-state index contributed by atoms with van der Waals surface area (Å²) in [6.07, 6.45) is 5.46. The molecule has 1 atom stereocenters. The molecule has 6 nitrogen and oxygen atoms in total. The molecule has 4 heterocycles. The molecule has 4 aliphatic heterocycles. The molecule has 1 unspecified atom stereocenters. The highest BCUT2D eigenvalue weighted by molar-refractivity contribution is 5.80. The highest BCUT2D eigenvalue weighted by Gasteiger charge is 2.49. The number of rotatable bonds is 3. The number of ether oxygens (including phenoxy) is 1. The number of hydrogen-bond donors (Lipinski definition) is 1. The summed E-state index contributed by atoms with van der Waals surface area (Å²) in [4.78, 5) is 30.0. The number of hydrogen-bond acceptors (Lipinski definition) is 5. The highest BCUT2D eigenvalue weighted by Crippen LogP contribution is 2.42. The van der Waals surface area contributed by atoms with Crippen LogP contribution in [0.2, 0.25) is 0 Å². The van der Waals surface area contributed by atoms with Crippen LogP contribution in [0.3, 0.4) is 0 Å². The SMILES string of the molecule is O=C(C1CCN(CC2CC3(CCNCC3)C(=O)O2)CC1)N1CCc2ccccc2C1. The van der Waals surface area contributed by atoms with E-state index < -0.39 is 0 Å². The maximum absolute atomic E-state index is 13.1. The standard InChI is InChI=1S/C24H33N3O3/c28-22(27-14-7-18-3-1-2-4-20(18)16-27)19-5-12-26(13-6-19)17-21-15-24(23(29)30-21)8-10-25-11-9-24/h1-4,19,21,25H,5-17H2. The second kappa shape index (κ2) is 8.31. The predicted molar refractivity (Wildman–Crippen MR) is 114 cm³/mol. The maximum Gasteiger partial charge on any atom is 0.312 e. The Bertz CT molecular complexity index is 797. The van der Waals surface area contributed by atoms with Crippen molar-refractivity contribution in [1.29, 1.82) is 0 Å². The first kappa shape index (κ1) is 20.0. The minimum Gasteiger partial charge on any atom is -0.461 e. The third-order valence-corrected chi connectivity index (χ3v) is 7.73. The molecule has 6 heteroatoms. The fourth-order valence-corrected chi connectivity index (χ4v) is 5.85.